The summed E-state index contributed by atoms with van der Waals surface area (Å²) in [6, 6.07) is 3.42. The van der Waals surface area contributed by atoms with Crippen molar-refractivity contribution in [3.8, 4) is 0 Å². The molecule has 1 fully saturated rings. The zero-order valence-electron chi connectivity index (χ0n) is 8.13. The van der Waals surface area contributed by atoms with Crippen LogP contribution in [0, 0.1) is 10.1 Å². The molecule has 0 spiro atoms. The Bertz CT molecular complexity index is 363. The molecule has 1 aliphatic rings. The van der Waals surface area contributed by atoms with Crippen molar-refractivity contribution in [2.45, 2.75) is 0 Å². The number of hydrogen-bond acceptors (Lipinski definition) is 5. The fourth-order valence-corrected chi connectivity index (χ4v) is 1.58. The van der Waals surface area contributed by atoms with Crippen LogP contribution in [-0.4, -0.2) is 36.2 Å². The Morgan fingerprint density at radius 2 is 2.20 bits per heavy atom. The topological polar surface area (TPSA) is 68.5 Å². The van der Waals surface area contributed by atoms with E-state index >= 15 is 0 Å². The molecular weight excluding hydrogens is 198 g/mol. The summed E-state index contributed by atoms with van der Waals surface area (Å²) in [5.74, 6) is -0.0839. The number of rotatable bonds is 2. The summed E-state index contributed by atoms with van der Waals surface area (Å²) >= 11 is 0. The van der Waals surface area contributed by atoms with Crippen molar-refractivity contribution in [3.63, 3.8) is 0 Å². The highest BCUT2D eigenvalue weighted by molar-refractivity contribution is 5.59. The summed E-state index contributed by atoms with van der Waals surface area (Å²) < 4.78 is 5.19. The number of nitrogens with zero attached hydrogens (tertiary/aromatic N) is 3. The van der Waals surface area contributed by atoms with Gasteiger partial charge < -0.3 is 19.8 Å². The van der Waals surface area contributed by atoms with E-state index in [1.54, 1.807) is 12.1 Å². The third-order valence-electron chi connectivity index (χ3n) is 2.29. The molecule has 6 nitrogen and oxygen atoms in total. The third kappa shape index (κ3) is 2.04. The number of morpholine rings is 1. The second-order valence-corrected chi connectivity index (χ2v) is 3.20. The molecule has 0 radical (unpaired) electrons. The molecule has 0 atom stereocenters. The first kappa shape index (κ1) is 9.85. The molecule has 2 heterocycles. The highest BCUT2D eigenvalue weighted by Gasteiger charge is 2.21. The molecule has 1 aromatic heterocycles. The van der Waals surface area contributed by atoms with Crippen molar-refractivity contribution in [3.05, 3.63) is 28.4 Å². The zero-order valence-corrected chi connectivity index (χ0v) is 8.13. The van der Waals surface area contributed by atoms with Crippen LogP contribution in [0.15, 0.2) is 18.3 Å². The van der Waals surface area contributed by atoms with Crippen molar-refractivity contribution >= 4 is 11.5 Å². The van der Waals surface area contributed by atoms with Crippen molar-refractivity contribution in [1.29, 1.82) is 0 Å². The average molecular weight is 209 g/mol. The maximum absolute atomic E-state index is 10.7. The smallest absolute Gasteiger partial charge is 0.378 e. The maximum Gasteiger partial charge on any atom is 0.387 e. The highest BCUT2D eigenvalue weighted by Crippen LogP contribution is 2.25. The molecule has 6 heteroatoms. The van der Waals surface area contributed by atoms with Crippen molar-refractivity contribution in [2.75, 3.05) is 31.2 Å². The van der Waals surface area contributed by atoms with E-state index < -0.39 is 4.92 Å². The van der Waals surface area contributed by atoms with Gasteiger partial charge in [0, 0.05) is 13.1 Å². The second kappa shape index (κ2) is 4.22. The molecule has 1 aliphatic heterocycles. The first-order valence-electron chi connectivity index (χ1n) is 4.71. The third-order valence-corrected chi connectivity index (χ3v) is 2.29. The van der Waals surface area contributed by atoms with E-state index in [0.717, 1.165) is 0 Å². The quantitative estimate of drug-likeness (QED) is 0.533. The Morgan fingerprint density at radius 3 is 2.87 bits per heavy atom. The van der Waals surface area contributed by atoms with Crippen LogP contribution in [0.4, 0.5) is 11.5 Å². The number of nitro groups is 1. The van der Waals surface area contributed by atoms with Gasteiger partial charge in [-0.1, -0.05) is 0 Å². The van der Waals surface area contributed by atoms with Gasteiger partial charge in [-0.05, 0) is 22.0 Å². The molecule has 0 saturated carbocycles. The lowest BCUT2D eigenvalue weighted by atomic mass is 10.3. The van der Waals surface area contributed by atoms with Crippen LogP contribution in [0.2, 0.25) is 0 Å². The predicted octanol–water partition coefficient (Wildman–Crippen LogP) is 0.826. The van der Waals surface area contributed by atoms with Gasteiger partial charge in [-0.25, -0.2) is 0 Å². The molecule has 2 rings (SSSR count). The lowest BCUT2D eigenvalue weighted by Gasteiger charge is -2.27. The number of hydrogen-bond donors (Lipinski definition) is 0. The van der Waals surface area contributed by atoms with Gasteiger partial charge in [0.05, 0.1) is 13.2 Å². The summed E-state index contributed by atoms with van der Waals surface area (Å²) in [6.45, 7) is 2.55. The molecule has 1 saturated heterocycles. The fraction of sp³-hybridized carbons (Fsp3) is 0.444. The Kier molecular flexibility index (Phi) is 2.77. The number of ether oxygens (including phenoxy) is 1. The van der Waals surface area contributed by atoms with Gasteiger partial charge in [-0.2, -0.15) is 0 Å². The number of anilines is 1. The number of pyridine rings is 1. The zero-order chi connectivity index (χ0) is 10.7. The average Bonchev–Trinajstić information content (AvgIpc) is 2.30. The fourth-order valence-electron chi connectivity index (χ4n) is 1.58. The van der Waals surface area contributed by atoms with Crippen molar-refractivity contribution < 1.29 is 9.66 Å². The Morgan fingerprint density at radius 1 is 1.47 bits per heavy atom. The van der Waals surface area contributed by atoms with Gasteiger partial charge in [0.2, 0.25) is 0 Å². The maximum atomic E-state index is 10.7. The minimum Gasteiger partial charge on any atom is -0.378 e. The molecule has 15 heavy (non-hydrogen) atoms. The summed E-state index contributed by atoms with van der Waals surface area (Å²) in [7, 11) is 0. The predicted molar refractivity (Wildman–Crippen MR) is 53.9 cm³/mol. The van der Waals surface area contributed by atoms with Crippen LogP contribution >= 0.6 is 0 Å². The van der Waals surface area contributed by atoms with Crippen molar-refractivity contribution in [1.82, 2.24) is 4.98 Å². The van der Waals surface area contributed by atoms with E-state index in [0.29, 0.717) is 32.0 Å². The van der Waals surface area contributed by atoms with Gasteiger partial charge in [0.15, 0.2) is 0 Å². The minimum atomic E-state index is -0.454. The lowest BCUT2D eigenvalue weighted by Crippen LogP contribution is -2.36. The van der Waals surface area contributed by atoms with Crippen molar-refractivity contribution in [2.24, 2.45) is 0 Å². The lowest BCUT2D eigenvalue weighted by molar-refractivity contribution is -0.388. The SMILES string of the molecule is O=[N+]([O-])c1ncccc1N1CCOCC1. The molecule has 0 aliphatic carbocycles. The van der Waals surface area contributed by atoms with Gasteiger partial charge in [-0.15, -0.1) is 0 Å². The van der Waals surface area contributed by atoms with E-state index in [-0.39, 0.29) is 5.82 Å². The van der Waals surface area contributed by atoms with E-state index in [9.17, 15) is 10.1 Å². The molecule has 0 unspecified atom stereocenters. The van der Waals surface area contributed by atoms with E-state index in [4.69, 9.17) is 4.74 Å². The van der Waals surface area contributed by atoms with Gasteiger partial charge in [0.25, 0.3) is 0 Å². The van der Waals surface area contributed by atoms with Gasteiger partial charge in [0.1, 0.15) is 11.9 Å². The normalized spacial score (nSPS) is 16.4. The van der Waals surface area contributed by atoms with Gasteiger partial charge in [-0.3, -0.25) is 0 Å². The van der Waals surface area contributed by atoms with Crippen LogP contribution in [0.3, 0.4) is 0 Å². The first-order valence-corrected chi connectivity index (χ1v) is 4.71. The van der Waals surface area contributed by atoms with Crippen LogP contribution in [0.1, 0.15) is 0 Å². The standard InChI is InChI=1S/C9H11N3O3/c13-12(14)9-8(2-1-3-10-9)11-4-6-15-7-5-11/h1-3H,4-7H2. The minimum absolute atomic E-state index is 0.0839. The molecule has 0 aromatic carbocycles. The molecule has 0 bridgehead atoms. The van der Waals surface area contributed by atoms with Crippen LogP contribution in [-0.2, 0) is 4.74 Å². The molecule has 0 amide bonds. The Hall–Kier alpha value is -1.69. The summed E-state index contributed by atoms with van der Waals surface area (Å²) in [5, 5.41) is 10.7. The van der Waals surface area contributed by atoms with Crippen LogP contribution in [0.25, 0.3) is 0 Å². The largest absolute Gasteiger partial charge is 0.387 e. The van der Waals surface area contributed by atoms with Gasteiger partial charge >= 0.3 is 5.82 Å². The first-order chi connectivity index (χ1) is 7.29. The second-order valence-electron chi connectivity index (χ2n) is 3.20. The highest BCUT2D eigenvalue weighted by atomic mass is 16.6. The molecule has 80 valence electrons. The van der Waals surface area contributed by atoms with Crippen LogP contribution < -0.4 is 4.90 Å². The molecule has 1 aromatic rings. The molecular formula is C9H11N3O3. The van der Waals surface area contributed by atoms with E-state index in [1.807, 2.05) is 4.90 Å². The number of aromatic nitrogens is 1. The van der Waals surface area contributed by atoms with Crippen LogP contribution in [0.5, 0.6) is 0 Å². The Labute approximate surface area is 86.6 Å². The summed E-state index contributed by atoms with van der Waals surface area (Å²) in [6.07, 6.45) is 1.43. The Balaban J connectivity index is 2.29. The summed E-state index contributed by atoms with van der Waals surface area (Å²) in [5.41, 5.74) is 0.575. The monoisotopic (exact) mass is 209 g/mol. The van der Waals surface area contributed by atoms with E-state index in [2.05, 4.69) is 4.98 Å². The summed E-state index contributed by atoms with van der Waals surface area (Å²) in [4.78, 5) is 16.0. The van der Waals surface area contributed by atoms with E-state index in [1.165, 1.54) is 6.20 Å². The molecule has 0 N–H and O–H groups in total.